The number of ketones is 2. The maximum Gasteiger partial charge on any atom is 0.173 e. The first-order valence-corrected chi connectivity index (χ1v) is 3.48. The van der Waals surface area contributed by atoms with Crippen LogP contribution in [0, 0.1) is 0 Å². The predicted molar refractivity (Wildman–Crippen MR) is 41.7 cm³/mol. The van der Waals surface area contributed by atoms with Crippen LogP contribution in [-0.4, -0.2) is 21.5 Å². The largest absolute Gasteiger partial charge is 0.300 e. The number of hydrogen-bond donors (Lipinski definition) is 0. The number of carbonyl (C=O) groups excluding carboxylic acids is 2. The second kappa shape index (κ2) is 3.71. The lowest BCUT2D eigenvalue weighted by molar-refractivity contribution is -0.116. The van der Waals surface area contributed by atoms with Crippen molar-refractivity contribution in [3.63, 3.8) is 0 Å². The van der Waals surface area contributed by atoms with Crippen molar-refractivity contribution in [3.05, 3.63) is 24.3 Å². The van der Waals surface area contributed by atoms with E-state index in [9.17, 15) is 9.59 Å². The Balaban J connectivity index is 2.73. The molecule has 0 bridgehead atoms. The zero-order chi connectivity index (χ0) is 8.97. The van der Waals surface area contributed by atoms with Gasteiger partial charge >= 0.3 is 0 Å². The summed E-state index contributed by atoms with van der Waals surface area (Å²) in [6, 6.07) is 0. The molecule has 0 amide bonds. The van der Waals surface area contributed by atoms with Gasteiger partial charge in [-0.15, -0.1) is 0 Å². The summed E-state index contributed by atoms with van der Waals surface area (Å²) in [4.78, 5) is 29.1. The lowest BCUT2D eigenvalue weighted by Crippen LogP contribution is -2.05. The predicted octanol–water partition coefficient (Wildman–Crippen LogP) is 0.638. The molecular formula is C8H8N2O2. The van der Waals surface area contributed by atoms with Gasteiger partial charge in [-0.1, -0.05) is 0 Å². The molecule has 4 nitrogen and oxygen atoms in total. The molecule has 0 aromatic carbocycles. The van der Waals surface area contributed by atoms with Crippen LogP contribution in [0.15, 0.2) is 18.7 Å². The highest BCUT2D eigenvalue weighted by Gasteiger charge is 2.07. The highest BCUT2D eigenvalue weighted by molar-refractivity contribution is 6.06. The van der Waals surface area contributed by atoms with Crippen molar-refractivity contribution in [3.8, 4) is 0 Å². The number of aromatic nitrogens is 2. The molecular weight excluding hydrogens is 156 g/mol. The average molecular weight is 164 g/mol. The summed E-state index contributed by atoms with van der Waals surface area (Å²) in [6.45, 7) is 1.38. The number of rotatable bonds is 3. The Kier molecular flexibility index (Phi) is 2.63. The Hall–Kier alpha value is -1.58. The van der Waals surface area contributed by atoms with Crippen LogP contribution in [0.2, 0.25) is 0 Å². The van der Waals surface area contributed by atoms with Gasteiger partial charge in [0, 0.05) is 12.4 Å². The van der Waals surface area contributed by atoms with Crippen LogP contribution in [0.5, 0.6) is 0 Å². The van der Waals surface area contributed by atoms with Crippen LogP contribution < -0.4 is 0 Å². The Morgan fingerprint density at radius 1 is 1.33 bits per heavy atom. The maximum absolute atomic E-state index is 11.2. The Bertz CT molecular complexity index is 295. The summed E-state index contributed by atoms with van der Waals surface area (Å²) in [5, 5.41) is 0. The van der Waals surface area contributed by atoms with Crippen LogP contribution in [0.4, 0.5) is 0 Å². The van der Waals surface area contributed by atoms with E-state index in [1.54, 1.807) is 0 Å². The summed E-state index contributed by atoms with van der Waals surface area (Å²) in [5.41, 5.74) is 0.382. The summed E-state index contributed by atoms with van der Waals surface area (Å²) < 4.78 is 0. The van der Waals surface area contributed by atoms with E-state index < -0.39 is 0 Å². The van der Waals surface area contributed by atoms with Crippen LogP contribution in [0.25, 0.3) is 0 Å². The fourth-order valence-corrected chi connectivity index (χ4v) is 0.771. The molecule has 0 unspecified atom stereocenters. The maximum atomic E-state index is 11.2. The first-order valence-electron chi connectivity index (χ1n) is 3.48. The Labute approximate surface area is 69.7 Å². The van der Waals surface area contributed by atoms with E-state index in [1.165, 1.54) is 25.6 Å². The molecule has 0 fully saturated rings. The number of carbonyl (C=O) groups is 2. The zero-order valence-electron chi connectivity index (χ0n) is 6.65. The van der Waals surface area contributed by atoms with Gasteiger partial charge in [-0.2, -0.15) is 0 Å². The molecule has 1 rings (SSSR count). The lowest BCUT2D eigenvalue weighted by atomic mass is 10.1. The van der Waals surface area contributed by atoms with Gasteiger partial charge in [0.05, 0.1) is 12.0 Å². The van der Waals surface area contributed by atoms with E-state index in [-0.39, 0.29) is 18.0 Å². The first-order chi connectivity index (χ1) is 5.70. The molecule has 0 N–H and O–H groups in total. The topological polar surface area (TPSA) is 59.9 Å². The highest BCUT2D eigenvalue weighted by atomic mass is 16.1. The monoisotopic (exact) mass is 164 g/mol. The third-order valence-electron chi connectivity index (χ3n) is 1.29. The summed E-state index contributed by atoms with van der Waals surface area (Å²) >= 11 is 0. The molecule has 0 aliphatic heterocycles. The molecule has 0 aliphatic rings. The van der Waals surface area contributed by atoms with E-state index in [1.807, 2.05) is 0 Å². The van der Waals surface area contributed by atoms with E-state index in [2.05, 4.69) is 9.97 Å². The van der Waals surface area contributed by atoms with E-state index >= 15 is 0 Å². The summed E-state index contributed by atoms with van der Waals surface area (Å²) in [7, 11) is 0. The molecule has 1 heterocycles. The minimum absolute atomic E-state index is 0.0760. The van der Waals surface area contributed by atoms with Crippen molar-refractivity contribution in [2.75, 3.05) is 0 Å². The van der Waals surface area contributed by atoms with Gasteiger partial charge in [0.1, 0.15) is 12.1 Å². The normalized spacial score (nSPS) is 9.42. The molecule has 0 aliphatic carbocycles. The standard InChI is InChI=1S/C8H8N2O2/c1-6(11)2-8(12)7-3-9-5-10-4-7/h3-5H,2H2,1H3. The van der Waals surface area contributed by atoms with E-state index in [4.69, 9.17) is 0 Å². The fourth-order valence-electron chi connectivity index (χ4n) is 0.771. The Morgan fingerprint density at radius 3 is 2.42 bits per heavy atom. The molecule has 1 aromatic heterocycles. The van der Waals surface area contributed by atoms with Crippen molar-refractivity contribution in [1.82, 2.24) is 9.97 Å². The van der Waals surface area contributed by atoms with Crippen molar-refractivity contribution in [1.29, 1.82) is 0 Å². The second-order valence-electron chi connectivity index (χ2n) is 2.43. The fraction of sp³-hybridized carbons (Fsp3) is 0.250. The van der Waals surface area contributed by atoms with Gasteiger partial charge in [-0.25, -0.2) is 9.97 Å². The minimum atomic E-state index is -0.233. The Morgan fingerprint density at radius 2 is 1.92 bits per heavy atom. The van der Waals surface area contributed by atoms with Gasteiger partial charge < -0.3 is 0 Å². The van der Waals surface area contributed by atoms with Gasteiger partial charge in [0.15, 0.2) is 5.78 Å². The summed E-state index contributed by atoms with van der Waals surface area (Å²) in [6.07, 6.45) is 4.06. The first kappa shape index (κ1) is 8.52. The molecule has 0 saturated heterocycles. The van der Waals surface area contributed by atoms with Crippen molar-refractivity contribution in [2.45, 2.75) is 13.3 Å². The number of Topliss-reactive ketones (excluding diaryl/α,β-unsaturated/α-hetero) is 2. The third kappa shape index (κ3) is 2.23. The van der Waals surface area contributed by atoms with Crippen molar-refractivity contribution < 1.29 is 9.59 Å². The smallest absolute Gasteiger partial charge is 0.173 e. The van der Waals surface area contributed by atoms with E-state index in [0.717, 1.165) is 0 Å². The zero-order valence-corrected chi connectivity index (χ0v) is 6.65. The van der Waals surface area contributed by atoms with Gasteiger partial charge in [-0.3, -0.25) is 9.59 Å². The molecule has 0 spiro atoms. The van der Waals surface area contributed by atoms with E-state index in [0.29, 0.717) is 5.56 Å². The van der Waals surface area contributed by atoms with Crippen LogP contribution in [0.1, 0.15) is 23.7 Å². The van der Waals surface area contributed by atoms with Gasteiger partial charge in [0.25, 0.3) is 0 Å². The molecule has 62 valence electrons. The summed E-state index contributed by atoms with van der Waals surface area (Å²) in [5.74, 6) is -0.382. The molecule has 0 radical (unpaired) electrons. The van der Waals surface area contributed by atoms with Gasteiger partial charge in [-0.05, 0) is 6.92 Å². The SMILES string of the molecule is CC(=O)CC(=O)c1cncnc1. The van der Waals surface area contributed by atoms with Crippen LogP contribution in [-0.2, 0) is 4.79 Å². The molecule has 1 aromatic rings. The number of nitrogens with zero attached hydrogens (tertiary/aromatic N) is 2. The molecule has 0 atom stereocenters. The molecule has 4 heteroatoms. The molecule has 12 heavy (non-hydrogen) atoms. The second-order valence-corrected chi connectivity index (χ2v) is 2.43. The van der Waals surface area contributed by atoms with Crippen molar-refractivity contribution in [2.24, 2.45) is 0 Å². The third-order valence-corrected chi connectivity index (χ3v) is 1.29. The van der Waals surface area contributed by atoms with Crippen molar-refractivity contribution >= 4 is 11.6 Å². The quantitative estimate of drug-likeness (QED) is 0.485. The number of hydrogen-bond acceptors (Lipinski definition) is 4. The molecule has 0 saturated carbocycles. The van der Waals surface area contributed by atoms with Crippen LogP contribution in [0.3, 0.4) is 0 Å². The highest BCUT2D eigenvalue weighted by Crippen LogP contribution is 1.99. The lowest BCUT2D eigenvalue weighted by Gasteiger charge is -1.94. The van der Waals surface area contributed by atoms with Crippen LogP contribution >= 0.6 is 0 Å². The minimum Gasteiger partial charge on any atom is -0.300 e. The van der Waals surface area contributed by atoms with Gasteiger partial charge in [0.2, 0.25) is 0 Å². The average Bonchev–Trinajstić information content (AvgIpc) is 2.05.